The summed E-state index contributed by atoms with van der Waals surface area (Å²) in [5.41, 5.74) is -0.709. The van der Waals surface area contributed by atoms with E-state index in [-0.39, 0.29) is 24.8 Å². The van der Waals surface area contributed by atoms with Gasteiger partial charge in [-0.05, 0) is 32.9 Å². The molecule has 0 saturated heterocycles. The molecule has 1 aliphatic heterocycles. The molecule has 3 unspecified atom stereocenters. The summed E-state index contributed by atoms with van der Waals surface area (Å²) in [4.78, 5) is 18.9. The van der Waals surface area contributed by atoms with Gasteiger partial charge < -0.3 is 18.9 Å². The third-order valence-electron chi connectivity index (χ3n) is 4.91. The van der Waals surface area contributed by atoms with Crippen LogP contribution in [-0.4, -0.2) is 75.9 Å². The van der Waals surface area contributed by atoms with Gasteiger partial charge >= 0.3 is 5.97 Å². The maximum atomic E-state index is 12.1. The fourth-order valence-corrected chi connectivity index (χ4v) is 3.20. The topological polar surface area (TPSA) is 69.6 Å². The smallest absolute Gasteiger partial charge is 0.307 e. The molecule has 162 valence electrons. The van der Waals surface area contributed by atoms with Gasteiger partial charge in [-0.25, -0.2) is 4.99 Å². The van der Waals surface area contributed by atoms with Gasteiger partial charge in [0.15, 0.2) is 5.72 Å². The number of carbonyl (C=O) groups excluding carboxylic acids is 1. The summed E-state index contributed by atoms with van der Waals surface area (Å²) < 4.78 is 21.8. The molecule has 0 radical (unpaired) electrons. The highest BCUT2D eigenvalue weighted by Crippen LogP contribution is 2.15. The number of benzene rings is 1. The molecule has 3 atom stereocenters. The monoisotopic (exact) mass is 406 g/mol. The van der Waals surface area contributed by atoms with E-state index < -0.39 is 5.72 Å². The summed E-state index contributed by atoms with van der Waals surface area (Å²) in [5.74, 6) is -0.241. The van der Waals surface area contributed by atoms with Crippen LogP contribution in [0.15, 0.2) is 29.3 Å². The molecule has 1 aliphatic rings. The van der Waals surface area contributed by atoms with Crippen LogP contribution in [0.1, 0.15) is 27.2 Å². The van der Waals surface area contributed by atoms with Crippen molar-refractivity contribution in [3.63, 3.8) is 0 Å². The lowest BCUT2D eigenvalue weighted by atomic mass is 10.2. The van der Waals surface area contributed by atoms with Gasteiger partial charge in [0.1, 0.15) is 6.61 Å². The maximum Gasteiger partial charge on any atom is 0.307 e. The van der Waals surface area contributed by atoms with E-state index in [1.54, 1.807) is 14.2 Å². The van der Waals surface area contributed by atoms with Crippen LogP contribution in [0.2, 0.25) is 0 Å². The number of para-hydroxylation sites is 1. The van der Waals surface area contributed by atoms with Gasteiger partial charge in [0.25, 0.3) is 0 Å². The van der Waals surface area contributed by atoms with E-state index in [0.29, 0.717) is 19.6 Å². The predicted molar refractivity (Wildman–Crippen MR) is 111 cm³/mol. The van der Waals surface area contributed by atoms with E-state index in [0.717, 1.165) is 23.7 Å². The Labute approximate surface area is 173 Å². The molecule has 0 spiro atoms. The summed E-state index contributed by atoms with van der Waals surface area (Å²) in [6, 6.07) is 7.89. The summed E-state index contributed by atoms with van der Waals surface area (Å²) in [5, 5.41) is 1.98. The second kappa shape index (κ2) is 11.4. The van der Waals surface area contributed by atoms with Crippen LogP contribution in [0.5, 0.6) is 0 Å². The number of nitrogens with zero attached hydrogens (tertiary/aromatic N) is 2. The Hall–Kier alpha value is -1.80. The first-order chi connectivity index (χ1) is 13.8. The summed E-state index contributed by atoms with van der Waals surface area (Å²) in [6.45, 7) is 8.47. The SMILES string of the molecule is COC(C)CN(CCC(=O)OCCOC1(C)C=c2ccccc2=N1)CC(C)OC. The quantitative estimate of drug-likeness (QED) is 0.361. The van der Waals surface area contributed by atoms with Crippen LogP contribution in [0.3, 0.4) is 0 Å². The second-order valence-electron chi connectivity index (χ2n) is 7.54. The number of carbonyl (C=O) groups is 1. The molecule has 0 aromatic heterocycles. The molecule has 1 aromatic rings. The first kappa shape index (κ1) is 23.5. The third-order valence-corrected chi connectivity index (χ3v) is 4.91. The van der Waals surface area contributed by atoms with Gasteiger partial charge in [-0.3, -0.25) is 9.69 Å². The molecule has 0 bridgehead atoms. The lowest BCUT2D eigenvalue weighted by molar-refractivity contribution is -0.146. The van der Waals surface area contributed by atoms with E-state index in [4.69, 9.17) is 18.9 Å². The predicted octanol–water partition coefficient (Wildman–Crippen LogP) is 1.14. The van der Waals surface area contributed by atoms with Gasteiger partial charge in [0.2, 0.25) is 0 Å². The second-order valence-corrected chi connectivity index (χ2v) is 7.54. The summed E-state index contributed by atoms with van der Waals surface area (Å²) in [6.07, 6.45) is 2.46. The molecule has 2 rings (SSSR count). The van der Waals surface area contributed by atoms with Crippen LogP contribution in [-0.2, 0) is 23.7 Å². The average Bonchev–Trinajstić information content (AvgIpc) is 3.05. The number of fused-ring (bicyclic) bond motifs is 1. The van der Waals surface area contributed by atoms with Gasteiger partial charge in [-0.2, -0.15) is 0 Å². The van der Waals surface area contributed by atoms with Crippen LogP contribution in [0.4, 0.5) is 0 Å². The fraction of sp³-hybridized carbons (Fsp3) is 0.636. The zero-order chi connectivity index (χ0) is 21.3. The van der Waals surface area contributed by atoms with Gasteiger partial charge in [-0.1, -0.05) is 18.2 Å². The van der Waals surface area contributed by atoms with Crippen molar-refractivity contribution >= 4 is 12.0 Å². The Kier molecular flexibility index (Phi) is 9.23. The van der Waals surface area contributed by atoms with Crippen molar-refractivity contribution in [2.24, 2.45) is 4.99 Å². The van der Waals surface area contributed by atoms with Crippen molar-refractivity contribution < 1.29 is 23.7 Å². The van der Waals surface area contributed by atoms with Crippen LogP contribution >= 0.6 is 0 Å². The molecule has 0 N–H and O–H groups in total. The molecule has 7 nitrogen and oxygen atoms in total. The summed E-state index contributed by atoms with van der Waals surface area (Å²) >= 11 is 0. The molecule has 0 saturated carbocycles. The zero-order valence-electron chi connectivity index (χ0n) is 18.2. The van der Waals surface area contributed by atoms with E-state index in [9.17, 15) is 4.79 Å². The Balaban J connectivity index is 1.71. The number of hydrogen-bond acceptors (Lipinski definition) is 7. The largest absolute Gasteiger partial charge is 0.463 e. The molecule has 29 heavy (non-hydrogen) atoms. The van der Waals surface area contributed by atoms with E-state index in [2.05, 4.69) is 9.89 Å². The highest BCUT2D eigenvalue weighted by molar-refractivity contribution is 5.69. The third kappa shape index (κ3) is 7.85. The fourth-order valence-electron chi connectivity index (χ4n) is 3.20. The van der Waals surface area contributed by atoms with E-state index in [1.165, 1.54) is 0 Å². The van der Waals surface area contributed by atoms with Crippen molar-refractivity contribution in [1.82, 2.24) is 4.90 Å². The minimum atomic E-state index is -0.709. The number of ether oxygens (including phenoxy) is 4. The van der Waals surface area contributed by atoms with Crippen molar-refractivity contribution in [1.29, 1.82) is 0 Å². The van der Waals surface area contributed by atoms with Crippen molar-refractivity contribution in [2.45, 2.75) is 45.1 Å². The summed E-state index contributed by atoms with van der Waals surface area (Å²) in [7, 11) is 3.37. The first-order valence-electron chi connectivity index (χ1n) is 10.1. The average molecular weight is 407 g/mol. The Morgan fingerprint density at radius 3 is 2.38 bits per heavy atom. The minimum absolute atomic E-state index is 0.0831. The van der Waals surface area contributed by atoms with Crippen LogP contribution < -0.4 is 10.6 Å². The van der Waals surface area contributed by atoms with Crippen molar-refractivity contribution in [2.75, 3.05) is 47.1 Å². The van der Waals surface area contributed by atoms with E-state index in [1.807, 2.05) is 51.1 Å². The van der Waals surface area contributed by atoms with Gasteiger partial charge in [-0.15, -0.1) is 0 Å². The van der Waals surface area contributed by atoms with Crippen LogP contribution in [0.25, 0.3) is 6.08 Å². The van der Waals surface area contributed by atoms with E-state index >= 15 is 0 Å². The molecular formula is C22H34N2O5. The highest BCUT2D eigenvalue weighted by Gasteiger charge is 2.24. The molecule has 0 amide bonds. The normalized spacial score (nSPS) is 19.9. The molecule has 1 heterocycles. The first-order valence-corrected chi connectivity index (χ1v) is 10.1. The lowest BCUT2D eigenvalue weighted by Crippen LogP contribution is -2.39. The van der Waals surface area contributed by atoms with Crippen molar-refractivity contribution in [3.05, 3.63) is 34.8 Å². The number of hydrogen-bond donors (Lipinski definition) is 0. The van der Waals surface area contributed by atoms with Gasteiger partial charge in [0.05, 0.1) is 30.6 Å². The molecule has 0 aliphatic carbocycles. The number of rotatable bonds is 13. The van der Waals surface area contributed by atoms with Crippen molar-refractivity contribution in [3.8, 4) is 0 Å². The molecular weight excluding hydrogens is 372 g/mol. The number of esters is 1. The van der Waals surface area contributed by atoms with Crippen LogP contribution in [0, 0.1) is 0 Å². The highest BCUT2D eigenvalue weighted by atomic mass is 16.6. The Morgan fingerprint density at radius 2 is 1.76 bits per heavy atom. The maximum absolute atomic E-state index is 12.1. The Bertz CT molecular complexity index is 720. The van der Waals surface area contributed by atoms with Gasteiger partial charge in [0, 0.05) is 39.1 Å². The minimum Gasteiger partial charge on any atom is -0.463 e. The number of methoxy groups -OCH3 is 2. The standard InChI is InChI=1S/C22H34N2O5/c1-17(26-4)15-24(16-18(2)27-5)11-10-21(25)28-12-13-29-22(3)14-19-8-6-7-9-20(19)23-22/h6-9,14,17-18H,10-13,15-16H2,1-5H3. The molecule has 1 aromatic carbocycles. The molecule has 0 fully saturated rings. The lowest BCUT2D eigenvalue weighted by Gasteiger charge is -2.27. The Morgan fingerprint density at radius 1 is 1.10 bits per heavy atom. The zero-order valence-corrected chi connectivity index (χ0v) is 18.2. The molecule has 7 heteroatoms.